The van der Waals surface area contributed by atoms with Crippen molar-refractivity contribution in [2.75, 3.05) is 26.7 Å². The Morgan fingerprint density at radius 2 is 2.14 bits per heavy atom. The Bertz CT molecular complexity index is 652. The topological polar surface area (TPSA) is 102 Å². The molecule has 1 aromatic rings. The van der Waals surface area contributed by atoms with Gasteiger partial charge in [0.1, 0.15) is 0 Å². The van der Waals surface area contributed by atoms with E-state index in [2.05, 4.69) is 5.32 Å². The van der Waals surface area contributed by atoms with Gasteiger partial charge in [0.15, 0.2) is 5.75 Å². The predicted molar refractivity (Wildman–Crippen MR) is 83.1 cm³/mol. The molecule has 0 spiro atoms. The molecule has 1 saturated heterocycles. The van der Waals surface area contributed by atoms with Gasteiger partial charge in [-0.3, -0.25) is 10.1 Å². The molecule has 1 N–H and O–H groups in total. The monoisotopic (exact) mass is 351 g/mol. The average Bonchev–Trinajstić information content (AvgIpc) is 2.46. The molecule has 1 heterocycles. The van der Waals surface area contributed by atoms with E-state index in [9.17, 15) is 18.5 Å². The fourth-order valence-corrected chi connectivity index (χ4v) is 3.78. The zero-order valence-electron chi connectivity index (χ0n) is 12.2. The Kier molecular flexibility index (Phi) is 6.12. The normalized spacial score (nSPS) is 19.3. The highest BCUT2D eigenvalue weighted by Gasteiger charge is 2.30. The molecule has 124 valence electrons. The van der Waals surface area contributed by atoms with Crippen LogP contribution in [0.25, 0.3) is 0 Å². The molecular formula is C12H18ClN3O5S. The van der Waals surface area contributed by atoms with Crippen molar-refractivity contribution in [2.24, 2.45) is 0 Å². The Morgan fingerprint density at radius 3 is 2.68 bits per heavy atom. The summed E-state index contributed by atoms with van der Waals surface area (Å²) in [5.74, 6) is -0.0655. The van der Waals surface area contributed by atoms with Gasteiger partial charge >= 0.3 is 5.69 Å². The van der Waals surface area contributed by atoms with E-state index in [0.717, 1.165) is 6.07 Å². The van der Waals surface area contributed by atoms with Crippen LogP contribution in [0.5, 0.6) is 5.75 Å². The summed E-state index contributed by atoms with van der Waals surface area (Å²) in [4.78, 5) is 10.2. The number of rotatable bonds is 4. The largest absolute Gasteiger partial charge is 0.490 e. The van der Waals surface area contributed by atoms with Crippen molar-refractivity contribution in [3.8, 4) is 5.75 Å². The number of benzene rings is 1. The number of piperazine rings is 1. The van der Waals surface area contributed by atoms with E-state index in [1.165, 1.54) is 23.5 Å². The van der Waals surface area contributed by atoms with Gasteiger partial charge in [-0.2, -0.15) is 4.31 Å². The third-order valence-corrected chi connectivity index (χ3v) is 5.18. The summed E-state index contributed by atoms with van der Waals surface area (Å²) >= 11 is 0. The minimum atomic E-state index is -3.68. The number of methoxy groups -OCH3 is 1. The first-order valence-corrected chi connectivity index (χ1v) is 7.86. The summed E-state index contributed by atoms with van der Waals surface area (Å²) in [5, 5.41) is 14.0. The second-order valence-corrected chi connectivity index (χ2v) is 6.75. The molecule has 1 aliphatic rings. The molecule has 0 bridgehead atoms. The summed E-state index contributed by atoms with van der Waals surface area (Å²) in [6.07, 6.45) is 0. The highest BCUT2D eigenvalue weighted by atomic mass is 35.5. The standard InChI is InChI=1S/C12H17N3O5S.ClH/c1-9-8-14(6-5-13-9)21(18,19)10-3-4-11(15(16)17)12(7-10)20-2;/h3-4,7,9,13H,5-6,8H2,1-2H3;1H. The molecule has 1 fully saturated rings. The number of halogens is 1. The first kappa shape index (κ1) is 18.6. The SMILES string of the molecule is COc1cc(S(=O)(=O)N2CCNC(C)C2)ccc1[N+](=O)[O-].Cl. The fourth-order valence-electron chi connectivity index (χ4n) is 2.23. The lowest BCUT2D eigenvalue weighted by molar-refractivity contribution is -0.385. The summed E-state index contributed by atoms with van der Waals surface area (Å²) in [6.45, 7) is 3.20. The molecule has 0 aromatic heterocycles. The van der Waals surface area contributed by atoms with Crippen molar-refractivity contribution < 1.29 is 18.1 Å². The van der Waals surface area contributed by atoms with Gasteiger partial charge in [-0.05, 0) is 13.0 Å². The molecule has 2 rings (SSSR count). The first-order valence-electron chi connectivity index (χ1n) is 6.42. The van der Waals surface area contributed by atoms with Gasteiger partial charge in [0.2, 0.25) is 10.0 Å². The predicted octanol–water partition coefficient (Wildman–Crippen LogP) is 1.01. The molecular weight excluding hydrogens is 334 g/mol. The van der Waals surface area contributed by atoms with E-state index in [-0.39, 0.29) is 34.8 Å². The first-order chi connectivity index (χ1) is 9.86. The molecule has 1 aliphatic heterocycles. The number of nitro benzene ring substituents is 1. The van der Waals surface area contributed by atoms with Crippen LogP contribution in [0, 0.1) is 10.1 Å². The van der Waals surface area contributed by atoms with Crippen LogP contribution in [-0.2, 0) is 10.0 Å². The average molecular weight is 352 g/mol. The van der Waals surface area contributed by atoms with E-state index in [1.54, 1.807) is 0 Å². The Labute approximate surface area is 135 Å². The van der Waals surface area contributed by atoms with E-state index in [4.69, 9.17) is 4.74 Å². The zero-order valence-corrected chi connectivity index (χ0v) is 13.8. The van der Waals surface area contributed by atoms with Gasteiger partial charge in [0.05, 0.1) is 16.9 Å². The lowest BCUT2D eigenvalue weighted by Gasteiger charge is -2.31. The van der Waals surface area contributed by atoms with Crippen molar-refractivity contribution in [3.63, 3.8) is 0 Å². The number of nitro groups is 1. The minimum absolute atomic E-state index is 0. The molecule has 0 aliphatic carbocycles. The van der Waals surface area contributed by atoms with Gasteiger partial charge in [-0.15, -0.1) is 12.4 Å². The number of hydrogen-bond acceptors (Lipinski definition) is 6. The second-order valence-electron chi connectivity index (χ2n) is 4.81. The fraction of sp³-hybridized carbons (Fsp3) is 0.500. The van der Waals surface area contributed by atoms with E-state index in [0.29, 0.717) is 19.6 Å². The van der Waals surface area contributed by atoms with Crippen LogP contribution in [-0.4, -0.2) is 50.4 Å². The van der Waals surface area contributed by atoms with Gasteiger partial charge in [-0.1, -0.05) is 0 Å². The summed E-state index contributed by atoms with van der Waals surface area (Å²) in [5.41, 5.74) is -0.259. The maximum absolute atomic E-state index is 12.6. The number of sulfonamides is 1. The second kappa shape index (κ2) is 7.23. The molecule has 8 nitrogen and oxygen atoms in total. The van der Waals surface area contributed by atoms with Gasteiger partial charge in [0.25, 0.3) is 0 Å². The zero-order chi connectivity index (χ0) is 15.6. The molecule has 1 unspecified atom stereocenters. The maximum atomic E-state index is 12.6. The van der Waals surface area contributed by atoms with Crippen LogP contribution in [0.15, 0.2) is 23.1 Å². The minimum Gasteiger partial charge on any atom is -0.490 e. The number of ether oxygens (including phenoxy) is 1. The molecule has 0 saturated carbocycles. The van der Waals surface area contributed by atoms with E-state index < -0.39 is 14.9 Å². The molecule has 22 heavy (non-hydrogen) atoms. The Morgan fingerprint density at radius 1 is 1.45 bits per heavy atom. The highest BCUT2D eigenvalue weighted by Crippen LogP contribution is 2.30. The number of hydrogen-bond donors (Lipinski definition) is 1. The maximum Gasteiger partial charge on any atom is 0.310 e. The van der Waals surface area contributed by atoms with Gasteiger partial charge in [0, 0.05) is 37.8 Å². The highest BCUT2D eigenvalue weighted by molar-refractivity contribution is 7.89. The number of nitrogens with zero attached hydrogens (tertiary/aromatic N) is 2. The molecule has 0 amide bonds. The quantitative estimate of drug-likeness (QED) is 0.641. The summed E-state index contributed by atoms with van der Waals surface area (Å²) < 4.78 is 31.4. The van der Waals surface area contributed by atoms with Crippen molar-refractivity contribution in [3.05, 3.63) is 28.3 Å². The van der Waals surface area contributed by atoms with Gasteiger partial charge < -0.3 is 10.1 Å². The van der Waals surface area contributed by atoms with Crippen molar-refractivity contribution >= 4 is 28.1 Å². The van der Waals surface area contributed by atoms with E-state index >= 15 is 0 Å². The molecule has 0 radical (unpaired) electrons. The van der Waals surface area contributed by atoms with Crippen molar-refractivity contribution in [1.82, 2.24) is 9.62 Å². The summed E-state index contributed by atoms with van der Waals surface area (Å²) in [7, 11) is -2.41. The Hall–Kier alpha value is -1.42. The Balaban J connectivity index is 0.00000242. The van der Waals surface area contributed by atoms with Crippen LogP contribution in [0.2, 0.25) is 0 Å². The lowest BCUT2D eigenvalue weighted by atomic mass is 10.3. The van der Waals surface area contributed by atoms with E-state index in [1.807, 2.05) is 6.92 Å². The molecule has 1 aromatic carbocycles. The summed E-state index contributed by atoms with van der Waals surface area (Å²) in [6, 6.07) is 3.65. The van der Waals surface area contributed by atoms with Crippen molar-refractivity contribution in [1.29, 1.82) is 0 Å². The third kappa shape index (κ3) is 3.67. The van der Waals surface area contributed by atoms with Crippen LogP contribution < -0.4 is 10.1 Å². The van der Waals surface area contributed by atoms with Crippen LogP contribution in [0.4, 0.5) is 5.69 Å². The molecule has 10 heteroatoms. The van der Waals surface area contributed by atoms with Crippen LogP contribution >= 0.6 is 12.4 Å². The molecule has 1 atom stereocenters. The third-order valence-electron chi connectivity index (χ3n) is 3.32. The lowest BCUT2D eigenvalue weighted by Crippen LogP contribution is -2.51. The van der Waals surface area contributed by atoms with Crippen LogP contribution in [0.3, 0.4) is 0 Å². The van der Waals surface area contributed by atoms with Gasteiger partial charge in [-0.25, -0.2) is 8.42 Å². The number of nitrogens with one attached hydrogen (secondary N) is 1. The van der Waals surface area contributed by atoms with Crippen LogP contribution in [0.1, 0.15) is 6.92 Å². The van der Waals surface area contributed by atoms with Crippen molar-refractivity contribution in [2.45, 2.75) is 17.9 Å². The smallest absolute Gasteiger partial charge is 0.310 e.